The normalized spacial score (nSPS) is 16.5. The van der Waals surface area contributed by atoms with Gasteiger partial charge in [-0.1, -0.05) is 35.4 Å². The zero-order valence-electron chi connectivity index (χ0n) is 11.5. The van der Waals surface area contributed by atoms with Crippen LogP contribution in [0.2, 0.25) is 0 Å². The quantitative estimate of drug-likeness (QED) is 0.473. The van der Waals surface area contributed by atoms with Crippen LogP contribution in [-0.4, -0.2) is 22.8 Å². The maximum Gasteiger partial charge on any atom is 0.349 e. The Morgan fingerprint density at radius 3 is 2.24 bits per heavy atom. The molecule has 1 aromatic carbocycles. The molecule has 0 saturated carbocycles. The van der Waals surface area contributed by atoms with Crippen molar-refractivity contribution in [2.45, 2.75) is 12.8 Å². The predicted octanol–water partition coefficient (Wildman–Crippen LogP) is 2.27. The number of hydrogen-bond donors (Lipinski definition) is 0. The van der Waals surface area contributed by atoms with Crippen LogP contribution < -0.4 is 0 Å². The highest BCUT2D eigenvalue weighted by Crippen LogP contribution is 2.38. The molecule has 0 N–H and O–H groups in total. The molecule has 0 bridgehead atoms. The second-order valence-electron chi connectivity index (χ2n) is 4.72. The lowest BCUT2D eigenvalue weighted by Gasteiger charge is -2.18. The summed E-state index contributed by atoms with van der Waals surface area (Å²) >= 11 is 0. The van der Waals surface area contributed by atoms with Gasteiger partial charge in [-0.05, 0) is 25.0 Å². The van der Waals surface area contributed by atoms with Crippen molar-refractivity contribution in [2.75, 3.05) is 0 Å². The number of rotatable bonds is 5. The smallest absolute Gasteiger partial charge is 0.329 e. The third kappa shape index (κ3) is 2.38. The number of benzene rings is 1. The van der Waals surface area contributed by atoms with E-state index in [9.17, 15) is 14.4 Å². The molecular formula is C16H15NO4. The zero-order valence-corrected chi connectivity index (χ0v) is 11.5. The van der Waals surface area contributed by atoms with Crippen LogP contribution in [0.3, 0.4) is 0 Å². The molecule has 21 heavy (non-hydrogen) atoms. The largest absolute Gasteiger partial charge is 0.349 e. The van der Waals surface area contributed by atoms with Crippen molar-refractivity contribution in [1.82, 2.24) is 5.06 Å². The monoisotopic (exact) mass is 285 g/mol. The summed E-state index contributed by atoms with van der Waals surface area (Å²) in [6.07, 6.45) is 3.10. The van der Waals surface area contributed by atoms with Gasteiger partial charge in [-0.25, -0.2) is 4.79 Å². The van der Waals surface area contributed by atoms with E-state index in [1.54, 1.807) is 30.3 Å². The Labute approximate surface area is 122 Å². The number of carbonyl (C=O) groups excluding carboxylic acids is 3. The highest BCUT2D eigenvalue weighted by atomic mass is 16.7. The fraction of sp³-hybridized carbons (Fsp3) is 0.188. The van der Waals surface area contributed by atoms with E-state index in [4.69, 9.17) is 4.84 Å². The molecule has 1 aromatic rings. The second kappa shape index (κ2) is 5.75. The summed E-state index contributed by atoms with van der Waals surface area (Å²) in [4.78, 5) is 41.8. The first-order chi connectivity index (χ1) is 10.1. The van der Waals surface area contributed by atoms with Gasteiger partial charge in [-0.3, -0.25) is 9.59 Å². The summed E-state index contributed by atoms with van der Waals surface area (Å²) in [6.45, 7) is 7.10. The van der Waals surface area contributed by atoms with E-state index >= 15 is 0 Å². The minimum atomic E-state index is -1.44. The summed E-state index contributed by atoms with van der Waals surface area (Å²) in [5.74, 6) is -2.10. The zero-order chi connectivity index (χ0) is 15.5. The molecule has 2 rings (SSSR count). The van der Waals surface area contributed by atoms with Crippen LogP contribution in [0, 0.1) is 5.41 Å². The van der Waals surface area contributed by atoms with Crippen LogP contribution in [0.15, 0.2) is 55.6 Å². The first kappa shape index (κ1) is 14.7. The average molecular weight is 285 g/mol. The first-order valence-corrected chi connectivity index (χ1v) is 6.45. The summed E-state index contributed by atoms with van der Waals surface area (Å²) in [7, 11) is 0. The molecule has 0 aromatic heterocycles. The van der Waals surface area contributed by atoms with Crippen molar-refractivity contribution < 1.29 is 19.2 Å². The standard InChI is InChI=1S/C16H15NO4/c1-3-10-16(11-4-2)14(19)17(21-15(16)20)13(18)12-8-6-5-7-9-12/h3-9H,1-2,10-11H2. The minimum Gasteiger partial charge on any atom is -0.329 e. The van der Waals surface area contributed by atoms with Gasteiger partial charge in [-0.15, -0.1) is 13.2 Å². The van der Waals surface area contributed by atoms with E-state index in [1.165, 1.54) is 12.2 Å². The van der Waals surface area contributed by atoms with Crippen LogP contribution in [0.1, 0.15) is 23.2 Å². The van der Waals surface area contributed by atoms with Gasteiger partial charge in [0.1, 0.15) is 0 Å². The lowest BCUT2D eigenvalue weighted by atomic mass is 9.81. The molecule has 0 atom stereocenters. The molecular weight excluding hydrogens is 270 g/mol. The van der Waals surface area contributed by atoms with Gasteiger partial charge in [0.15, 0.2) is 5.41 Å². The first-order valence-electron chi connectivity index (χ1n) is 6.45. The van der Waals surface area contributed by atoms with Crippen LogP contribution in [0.5, 0.6) is 0 Å². The summed E-state index contributed by atoms with van der Waals surface area (Å²) in [6, 6.07) is 8.16. The van der Waals surface area contributed by atoms with Crippen LogP contribution in [-0.2, 0) is 14.4 Å². The third-order valence-corrected chi connectivity index (χ3v) is 3.35. The van der Waals surface area contributed by atoms with Gasteiger partial charge >= 0.3 is 5.97 Å². The SMILES string of the molecule is C=CCC1(CC=C)C(=O)ON(C(=O)c2ccccc2)C1=O. The Morgan fingerprint density at radius 2 is 1.71 bits per heavy atom. The number of imide groups is 1. The van der Waals surface area contributed by atoms with Crippen LogP contribution >= 0.6 is 0 Å². The molecule has 2 amide bonds. The van der Waals surface area contributed by atoms with Crippen molar-refractivity contribution in [3.8, 4) is 0 Å². The lowest BCUT2D eigenvalue weighted by molar-refractivity contribution is -0.168. The molecule has 1 aliphatic rings. The summed E-state index contributed by atoms with van der Waals surface area (Å²) < 4.78 is 0. The molecule has 0 unspecified atom stereocenters. The molecule has 0 aliphatic carbocycles. The van der Waals surface area contributed by atoms with Crippen molar-refractivity contribution in [1.29, 1.82) is 0 Å². The van der Waals surface area contributed by atoms with Gasteiger partial charge in [0.05, 0.1) is 0 Å². The van der Waals surface area contributed by atoms with Gasteiger partial charge in [0, 0.05) is 5.56 Å². The van der Waals surface area contributed by atoms with E-state index < -0.39 is 23.2 Å². The van der Waals surface area contributed by atoms with Crippen molar-refractivity contribution in [2.24, 2.45) is 5.41 Å². The second-order valence-corrected chi connectivity index (χ2v) is 4.72. The fourth-order valence-corrected chi connectivity index (χ4v) is 2.24. The topological polar surface area (TPSA) is 63.7 Å². The number of nitrogens with zero attached hydrogens (tertiary/aromatic N) is 1. The van der Waals surface area contributed by atoms with Crippen molar-refractivity contribution in [3.63, 3.8) is 0 Å². The van der Waals surface area contributed by atoms with Crippen LogP contribution in [0.4, 0.5) is 0 Å². The Hall–Kier alpha value is -2.69. The maximum absolute atomic E-state index is 12.5. The highest BCUT2D eigenvalue weighted by molar-refractivity contribution is 6.15. The molecule has 0 radical (unpaired) electrons. The number of allylic oxidation sites excluding steroid dienone is 2. The van der Waals surface area contributed by atoms with Crippen molar-refractivity contribution >= 4 is 17.8 Å². The fourth-order valence-electron chi connectivity index (χ4n) is 2.24. The maximum atomic E-state index is 12.5. The Bertz CT molecular complexity index is 596. The van der Waals surface area contributed by atoms with E-state index in [0.29, 0.717) is 5.06 Å². The molecule has 1 heterocycles. The number of amides is 2. The Balaban J connectivity index is 2.35. The van der Waals surface area contributed by atoms with E-state index in [-0.39, 0.29) is 18.4 Å². The summed E-state index contributed by atoms with van der Waals surface area (Å²) in [5, 5.41) is 0.532. The summed E-state index contributed by atoms with van der Waals surface area (Å²) in [5.41, 5.74) is -1.17. The molecule has 5 heteroatoms. The van der Waals surface area contributed by atoms with Gasteiger partial charge in [-0.2, -0.15) is 0 Å². The van der Waals surface area contributed by atoms with Gasteiger partial charge < -0.3 is 4.84 Å². The van der Waals surface area contributed by atoms with E-state index in [0.717, 1.165) is 0 Å². The Kier molecular flexibility index (Phi) is 4.03. The van der Waals surface area contributed by atoms with E-state index in [2.05, 4.69) is 13.2 Å². The van der Waals surface area contributed by atoms with Gasteiger partial charge in [0.2, 0.25) is 0 Å². The number of carbonyl (C=O) groups is 3. The average Bonchev–Trinajstić information content (AvgIpc) is 2.73. The molecule has 1 fully saturated rings. The number of hydroxylamine groups is 2. The molecule has 1 aliphatic heterocycles. The third-order valence-electron chi connectivity index (χ3n) is 3.35. The predicted molar refractivity (Wildman–Crippen MR) is 75.8 cm³/mol. The molecule has 1 saturated heterocycles. The van der Waals surface area contributed by atoms with Gasteiger partial charge in [0.25, 0.3) is 11.8 Å². The highest BCUT2D eigenvalue weighted by Gasteiger charge is 2.57. The lowest BCUT2D eigenvalue weighted by Crippen LogP contribution is -2.38. The van der Waals surface area contributed by atoms with E-state index in [1.807, 2.05) is 0 Å². The molecule has 0 spiro atoms. The molecule has 5 nitrogen and oxygen atoms in total. The van der Waals surface area contributed by atoms with Crippen LogP contribution in [0.25, 0.3) is 0 Å². The van der Waals surface area contributed by atoms with Crippen molar-refractivity contribution in [3.05, 3.63) is 61.2 Å². The Morgan fingerprint density at radius 1 is 1.14 bits per heavy atom. The number of hydrogen-bond acceptors (Lipinski definition) is 4. The minimum absolute atomic E-state index is 0.0925. The molecule has 108 valence electrons.